The third-order valence-electron chi connectivity index (χ3n) is 6.21. The van der Waals surface area contributed by atoms with Crippen molar-refractivity contribution >= 4 is 25.5 Å². The van der Waals surface area contributed by atoms with E-state index < -0.39 is 26.0 Å². The van der Waals surface area contributed by atoms with Crippen LogP contribution in [0, 0.1) is 0 Å². The molecule has 0 radical (unpaired) electrons. The van der Waals surface area contributed by atoms with Crippen LogP contribution in [0.4, 0.5) is 5.69 Å². The Morgan fingerprint density at radius 1 is 0.912 bits per heavy atom. The summed E-state index contributed by atoms with van der Waals surface area (Å²) >= 11 is 0. The molecule has 3 rings (SSSR count). The summed E-state index contributed by atoms with van der Waals surface area (Å²) in [6.07, 6.45) is 2.30. The Bertz CT molecular complexity index is 1160. The molecule has 34 heavy (non-hydrogen) atoms. The van der Waals surface area contributed by atoms with Crippen LogP contribution in [0.2, 0.25) is 0 Å². The summed E-state index contributed by atoms with van der Waals surface area (Å²) in [5.74, 6) is 0. The molecule has 0 spiro atoms. The van der Waals surface area contributed by atoms with Crippen molar-refractivity contribution in [2.75, 3.05) is 58.0 Å². The monoisotopic (exact) mass is 509 g/mol. The zero-order valence-corrected chi connectivity index (χ0v) is 21.7. The normalized spacial score (nSPS) is 16.7. The Hall–Kier alpha value is -1.98. The van der Waals surface area contributed by atoms with E-state index in [1.807, 2.05) is 6.07 Å². The molecular weight excluding hydrogens is 474 g/mol. The molecule has 1 aliphatic rings. The van der Waals surface area contributed by atoms with Gasteiger partial charge in [0.25, 0.3) is 0 Å². The molecule has 0 aromatic heterocycles. The Morgan fingerprint density at radius 2 is 1.56 bits per heavy atom. The molecule has 188 valence electrons. The molecule has 0 saturated carbocycles. The standard InChI is InChI=1S/C24H35N3O5S2/c1-25(2)34(31,32)24-19-20(12-13-23(24)33(3,29)30)22(28)11-7-8-14-26-15-17-27(18-16-26)21-9-5-4-6-10-21/h4-6,9-10,12-13,19,22,28H,7-8,11,14-18H2,1-3H3. The van der Waals surface area contributed by atoms with Crippen LogP contribution in [-0.2, 0) is 19.9 Å². The van der Waals surface area contributed by atoms with Crippen LogP contribution in [0.25, 0.3) is 0 Å². The van der Waals surface area contributed by atoms with Crippen LogP contribution in [0.5, 0.6) is 0 Å². The lowest BCUT2D eigenvalue weighted by Crippen LogP contribution is -2.46. The van der Waals surface area contributed by atoms with Gasteiger partial charge in [0.05, 0.1) is 11.0 Å². The summed E-state index contributed by atoms with van der Waals surface area (Å²) in [4.78, 5) is 4.26. The highest BCUT2D eigenvalue weighted by Gasteiger charge is 2.27. The van der Waals surface area contributed by atoms with Crippen molar-refractivity contribution in [3.05, 3.63) is 54.1 Å². The first-order valence-corrected chi connectivity index (χ1v) is 14.8. The summed E-state index contributed by atoms with van der Waals surface area (Å²) in [6.45, 7) is 4.92. The number of para-hydroxylation sites is 1. The first kappa shape index (κ1) is 26.6. The number of anilines is 1. The van der Waals surface area contributed by atoms with Gasteiger partial charge >= 0.3 is 0 Å². The van der Waals surface area contributed by atoms with Gasteiger partial charge in [0, 0.05) is 52.2 Å². The molecule has 1 atom stereocenters. The van der Waals surface area contributed by atoms with Gasteiger partial charge in [-0.05, 0) is 55.6 Å². The number of benzene rings is 2. The highest BCUT2D eigenvalue weighted by molar-refractivity contribution is 7.93. The minimum atomic E-state index is -3.98. The van der Waals surface area contributed by atoms with Crippen LogP contribution in [-0.4, -0.2) is 84.2 Å². The Balaban J connectivity index is 1.54. The SMILES string of the molecule is CN(C)S(=O)(=O)c1cc(C(O)CCCCN2CCN(c3ccccc3)CC2)ccc1S(C)(=O)=O. The lowest BCUT2D eigenvalue weighted by Gasteiger charge is -2.36. The molecule has 8 nitrogen and oxygen atoms in total. The fourth-order valence-electron chi connectivity index (χ4n) is 4.14. The quantitative estimate of drug-likeness (QED) is 0.491. The molecule has 1 aliphatic heterocycles. The summed E-state index contributed by atoms with van der Waals surface area (Å²) in [6, 6.07) is 14.5. The number of sulfone groups is 1. The maximum atomic E-state index is 12.7. The third-order valence-corrected chi connectivity index (χ3v) is 9.35. The second kappa shape index (κ2) is 11.2. The van der Waals surface area contributed by atoms with Crippen LogP contribution in [0.15, 0.2) is 58.3 Å². The van der Waals surface area contributed by atoms with E-state index in [9.17, 15) is 21.9 Å². The van der Waals surface area contributed by atoms with Crippen LogP contribution >= 0.6 is 0 Å². The molecule has 0 amide bonds. The molecule has 1 unspecified atom stereocenters. The average Bonchev–Trinajstić information content (AvgIpc) is 2.81. The van der Waals surface area contributed by atoms with Crippen LogP contribution < -0.4 is 4.90 Å². The number of hydrogen-bond acceptors (Lipinski definition) is 7. The fraction of sp³-hybridized carbons (Fsp3) is 0.500. The van der Waals surface area contributed by atoms with E-state index in [0.717, 1.165) is 56.1 Å². The van der Waals surface area contributed by atoms with E-state index in [2.05, 4.69) is 34.1 Å². The summed E-state index contributed by atoms with van der Waals surface area (Å²) in [5, 5.41) is 10.7. The Labute approximate surface area is 203 Å². The molecule has 0 aliphatic carbocycles. The van der Waals surface area contributed by atoms with Gasteiger partial charge in [0.15, 0.2) is 9.84 Å². The van der Waals surface area contributed by atoms with Gasteiger partial charge in [0.2, 0.25) is 10.0 Å². The lowest BCUT2D eigenvalue weighted by atomic mass is 10.0. The summed E-state index contributed by atoms with van der Waals surface area (Å²) in [7, 11) is -5.02. The molecule has 1 saturated heterocycles. The number of nitrogens with zero attached hydrogens (tertiary/aromatic N) is 3. The molecular formula is C24H35N3O5S2. The van der Waals surface area contributed by atoms with Crippen molar-refractivity contribution in [2.45, 2.75) is 35.2 Å². The van der Waals surface area contributed by atoms with E-state index in [4.69, 9.17) is 0 Å². The van der Waals surface area contributed by atoms with Gasteiger partial charge in [-0.3, -0.25) is 4.90 Å². The zero-order valence-electron chi connectivity index (χ0n) is 20.1. The van der Waals surface area contributed by atoms with Crippen LogP contribution in [0.1, 0.15) is 30.9 Å². The predicted octanol–water partition coefficient (Wildman–Crippen LogP) is 2.37. The van der Waals surface area contributed by atoms with Gasteiger partial charge in [-0.15, -0.1) is 0 Å². The molecule has 1 heterocycles. The number of sulfonamides is 1. The number of aliphatic hydroxyl groups excluding tert-OH is 1. The van der Waals surface area contributed by atoms with Gasteiger partial charge in [-0.1, -0.05) is 24.3 Å². The summed E-state index contributed by atoms with van der Waals surface area (Å²) in [5.41, 5.74) is 1.66. The smallest absolute Gasteiger partial charge is 0.243 e. The van der Waals surface area contributed by atoms with Crippen molar-refractivity contribution in [3.8, 4) is 0 Å². The number of rotatable bonds is 10. The Kier molecular flexibility index (Phi) is 8.75. The molecule has 2 aromatic carbocycles. The molecule has 1 N–H and O–H groups in total. The van der Waals surface area contributed by atoms with Gasteiger partial charge in [-0.2, -0.15) is 0 Å². The molecule has 2 aromatic rings. The fourth-order valence-corrected chi connectivity index (χ4v) is 6.66. The number of piperazine rings is 1. The average molecular weight is 510 g/mol. The maximum absolute atomic E-state index is 12.7. The summed E-state index contributed by atoms with van der Waals surface area (Å²) < 4.78 is 50.6. The maximum Gasteiger partial charge on any atom is 0.243 e. The third kappa shape index (κ3) is 6.57. The number of unbranched alkanes of at least 4 members (excludes halogenated alkanes) is 1. The van der Waals surface area contributed by atoms with Gasteiger partial charge in [0.1, 0.15) is 4.90 Å². The zero-order chi connectivity index (χ0) is 24.9. The van der Waals surface area contributed by atoms with Crippen molar-refractivity contribution in [2.24, 2.45) is 0 Å². The minimum absolute atomic E-state index is 0.258. The van der Waals surface area contributed by atoms with E-state index in [1.54, 1.807) is 0 Å². The lowest BCUT2D eigenvalue weighted by molar-refractivity contribution is 0.159. The molecule has 10 heteroatoms. The highest BCUT2D eigenvalue weighted by Crippen LogP contribution is 2.29. The number of hydrogen-bond donors (Lipinski definition) is 1. The first-order valence-electron chi connectivity index (χ1n) is 11.5. The van der Waals surface area contributed by atoms with Crippen molar-refractivity contribution < 1.29 is 21.9 Å². The van der Waals surface area contributed by atoms with E-state index in [-0.39, 0.29) is 9.79 Å². The first-order chi connectivity index (χ1) is 16.0. The van der Waals surface area contributed by atoms with Gasteiger partial charge < -0.3 is 10.0 Å². The topological polar surface area (TPSA) is 98.2 Å². The van der Waals surface area contributed by atoms with Crippen molar-refractivity contribution in [3.63, 3.8) is 0 Å². The van der Waals surface area contributed by atoms with Crippen molar-refractivity contribution in [1.29, 1.82) is 0 Å². The van der Waals surface area contributed by atoms with Crippen molar-refractivity contribution in [1.82, 2.24) is 9.21 Å². The second-order valence-corrected chi connectivity index (χ2v) is 13.0. The van der Waals surface area contributed by atoms with Crippen LogP contribution in [0.3, 0.4) is 0 Å². The number of aliphatic hydroxyl groups is 1. The molecule has 0 bridgehead atoms. The van der Waals surface area contributed by atoms with Gasteiger partial charge in [-0.25, -0.2) is 21.1 Å². The minimum Gasteiger partial charge on any atom is -0.388 e. The Morgan fingerprint density at radius 3 is 2.15 bits per heavy atom. The predicted molar refractivity (Wildman–Crippen MR) is 134 cm³/mol. The largest absolute Gasteiger partial charge is 0.388 e. The van der Waals surface area contributed by atoms with E-state index in [0.29, 0.717) is 12.0 Å². The second-order valence-electron chi connectivity index (χ2n) is 8.94. The molecule has 1 fully saturated rings. The highest BCUT2D eigenvalue weighted by atomic mass is 32.2. The van der Waals surface area contributed by atoms with E-state index >= 15 is 0 Å². The van der Waals surface area contributed by atoms with E-state index in [1.165, 1.54) is 38.0 Å².